The molecule has 0 spiro atoms. The molecule has 1 amide bonds. The number of benzene rings is 1. The van der Waals surface area contributed by atoms with Crippen LogP contribution in [0.4, 0.5) is 0 Å². The Morgan fingerprint density at radius 3 is 2.36 bits per heavy atom. The van der Waals surface area contributed by atoms with E-state index in [9.17, 15) is 13.2 Å². The van der Waals surface area contributed by atoms with Crippen molar-refractivity contribution in [2.45, 2.75) is 39.7 Å². The van der Waals surface area contributed by atoms with E-state index in [1.807, 2.05) is 0 Å². The molecule has 1 saturated heterocycles. The smallest absolute Gasteiger partial charge is 0.224 e. The van der Waals surface area contributed by atoms with Crippen LogP contribution in [0.1, 0.15) is 44.4 Å². The number of hydrogen-bond acceptors (Lipinski definition) is 3. The molecule has 1 aromatic rings. The lowest BCUT2D eigenvalue weighted by Crippen LogP contribution is -2.36. The molecule has 1 fully saturated rings. The minimum absolute atomic E-state index is 0.0155. The van der Waals surface area contributed by atoms with Crippen molar-refractivity contribution in [3.63, 3.8) is 0 Å². The molecule has 1 aromatic carbocycles. The van der Waals surface area contributed by atoms with E-state index in [0.29, 0.717) is 6.42 Å². The lowest BCUT2D eigenvalue weighted by Gasteiger charge is -2.24. The predicted molar refractivity (Wildman–Crippen MR) is 88.3 cm³/mol. The zero-order valence-corrected chi connectivity index (χ0v) is 14.3. The van der Waals surface area contributed by atoms with Gasteiger partial charge in [0.05, 0.1) is 23.5 Å². The molecule has 1 aliphatic rings. The third-order valence-corrected chi connectivity index (χ3v) is 6.08. The van der Waals surface area contributed by atoms with Gasteiger partial charge in [-0.25, -0.2) is 8.42 Å². The van der Waals surface area contributed by atoms with Crippen LogP contribution in [0.3, 0.4) is 0 Å². The van der Waals surface area contributed by atoms with Crippen LogP contribution in [-0.4, -0.2) is 25.8 Å². The molecule has 0 radical (unpaired) electrons. The quantitative estimate of drug-likeness (QED) is 0.905. The Balaban J connectivity index is 2.10. The van der Waals surface area contributed by atoms with Gasteiger partial charge in [-0.1, -0.05) is 45.0 Å². The standard InChI is InChI=1S/C17H25NO3S/c1-4-13-5-7-14(8-6-13)16(12(2)3)18-17(19)15-9-10-22(20,21)11-15/h5-8,12,15-16H,4,9-11H2,1-3H3,(H,18,19)/t15-,16-/m0/s1. The second-order valence-corrected chi connectivity index (χ2v) is 8.65. The summed E-state index contributed by atoms with van der Waals surface area (Å²) in [4.78, 5) is 12.4. The van der Waals surface area contributed by atoms with Crippen LogP contribution in [-0.2, 0) is 21.1 Å². The van der Waals surface area contributed by atoms with Crippen molar-refractivity contribution in [3.8, 4) is 0 Å². The van der Waals surface area contributed by atoms with Crippen LogP contribution in [0.25, 0.3) is 0 Å². The maximum Gasteiger partial charge on any atom is 0.224 e. The monoisotopic (exact) mass is 323 g/mol. The van der Waals surface area contributed by atoms with Crippen molar-refractivity contribution in [3.05, 3.63) is 35.4 Å². The van der Waals surface area contributed by atoms with E-state index in [4.69, 9.17) is 0 Å². The topological polar surface area (TPSA) is 63.2 Å². The molecule has 1 heterocycles. The van der Waals surface area contributed by atoms with Crippen LogP contribution >= 0.6 is 0 Å². The fourth-order valence-electron chi connectivity index (χ4n) is 2.87. The number of nitrogens with one attached hydrogen (secondary N) is 1. The summed E-state index contributed by atoms with van der Waals surface area (Å²) in [6, 6.07) is 8.18. The van der Waals surface area contributed by atoms with Crippen molar-refractivity contribution in [1.82, 2.24) is 5.32 Å². The molecule has 1 aliphatic heterocycles. The average molecular weight is 323 g/mol. The Morgan fingerprint density at radius 1 is 1.27 bits per heavy atom. The SMILES string of the molecule is CCc1ccc([C@@H](NC(=O)[C@H]2CCS(=O)(=O)C2)C(C)C)cc1. The molecule has 2 rings (SSSR count). The number of sulfone groups is 1. The first-order chi connectivity index (χ1) is 10.3. The lowest BCUT2D eigenvalue weighted by atomic mass is 9.94. The van der Waals surface area contributed by atoms with Crippen molar-refractivity contribution in [2.75, 3.05) is 11.5 Å². The highest BCUT2D eigenvalue weighted by Gasteiger charge is 2.34. The molecular weight excluding hydrogens is 298 g/mol. The summed E-state index contributed by atoms with van der Waals surface area (Å²) in [5, 5.41) is 3.05. The van der Waals surface area contributed by atoms with E-state index in [1.165, 1.54) is 5.56 Å². The molecule has 122 valence electrons. The molecule has 0 aliphatic carbocycles. The van der Waals surface area contributed by atoms with Gasteiger partial charge in [0.1, 0.15) is 0 Å². The van der Waals surface area contributed by atoms with Gasteiger partial charge in [0.25, 0.3) is 0 Å². The molecule has 22 heavy (non-hydrogen) atoms. The molecule has 0 unspecified atom stereocenters. The van der Waals surface area contributed by atoms with Crippen LogP contribution in [0.15, 0.2) is 24.3 Å². The first-order valence-electron chi connectivity index (χ1n) is 7.92. The van der Waals surface area contributed by atoms with E-state index in [-0.39, 0.29) is 29.4 Å². The van der Waals surface area contributed by atoms with Crippen molar-refractivity contribution >= 4 is 15.7 Å². The summed E-state index contributed by atoms with van der Waals surface area (Å²) in [6.07, 6.45) is 1.42. The summed E-state index contributed by atoms with van der Waals surface area (Å²) in [5.41, 5.74) is 2.33. The second-order valence-electron chi connectivity index (χ2n) is 6.43. The zero-order chi connectivity index (χ0) is 16.3. The fraction of sp³-hybridized carbons (Fsp3) is 0.588. The first kappa shape index (κ1) is 17.0. The van der Waals surface area contributed by atoms with Gasteiger partial charge in [-0.15, -0.1) is 0 Å². The molecule has 5 heteroatoms. The van der Waals surface area contributed by atoms with Gasteiger partial charge in [0, 0.05) is 0 Å². The van der Waals surface area contributed by atoms with Crippen LogP contribution in [0.2, 0.25) is 0 Å². The van der Waals surface area contributed by atoms with Gasteiger partial charge in [-0.2, -0.15) is 0 Å². The number of carbonyl (C=O) groups is 1. The number of carbonyl (C=O) groups excluding carboxylic acids is 1. The highest BCUT2D eigenvalue weighted by molar-refractivity contribution is 7.91. The molecule has 4 nitrogen and oxygen atoms in total. The maximum atomic E-state index is 12.4. The largest absolute Gasteiger partial charge is 0.349 e. The third kappa shape index (κ3) is 4.09. The average Bonchev–Trinajstić information content (AvgIpc) is 2.84. The Kier molecular flexibility index (Phi) is 5.27. The highest BCUT2D eigenvalue weighted by atomic mass is 32.2. The summed E-state index contributed by atoms with van der Waals surface area (Å²) < 4.78 is 23.1. The van der Waals surface area contributed by atoms with Gasteiger partial charge < -0.3 is 5.32 Å². The number of rotatable bonds is 5. The van der Waals surface area contributed by atoms with Crippen LogP contribution in [0, 0.1) is 11.8 Å². The minimum atomic E-state index is -3.03. The Hall–Kier alpha value is -1.36. The minimum Gasteiger partial charge on any atom is -0.349 e. The molecular formula is C17H25NO3S. The number of amides is 1. The number of hydrogen-bond donors (Lipinski definition) is 1. The van der Waals surface area contributed by atoms with Gasteiger partial charge in [0.15, 0.2) is 9.84 Å². The predicted octanol–water partition coefficient (Wildman–Crippen LogP) is 2.50. The van der Waals surface area contributed by atoms with Gasteiger partial charge in [0.2, 0.25) is 5.91 Å². The van der Waals surface area contributed by atoms with Gasteiger partial charge in [-0.05, 0) is 29.9 Å². The van der Waals surface area contributed by atoms with Crippen LogP contribution in [0.5, 0.6) is 0 Å². The van der Waals surface area contributed by atoms with Crippen molar-refractivity contribution in [1.29, 1.82) is 0 Å². The van der Waals surface area contributed by atoms with E-state index >= 15 is 0 Å². The van der Waals surface area contributed by atoms with E-state index < -0.39 is 15.8 Å². The highest BCUT2D eigenvalue weighted by Crippen LogP contribution is 2.25. The van der Waals surface area contributed by atoms with E-state index in [2.05, 4.69) is 50.4 Å². The summed E-state index contributed by atoms with van der Waals surface area (Å²) >= 11 is 0. The number of aryl methyl sites for hydroxylation is 1. The Bertz CT molecular complexity index is 620. The summed E-state index contributed by atoms with van der Waals surface area (Å²) in [5.74, 6) is -0.184. The molecule has 0 aromatic heterocycles. The molecule has 0 saturated carbocycles. The zero-order valence-electron chi connectivity index (χ0n) is 13.5. The van der Waals surface area contributed by atoms with E-state index in [0.717, 1.165) is 12.0 Å². The summed E-state index contributed by atoms with van der Waals surface area (Å²) in [7, 11) is -3.03. The molecule has 1 N–H and O–H groups in total. The normalized spacial score (nSPS) is 21.7. The second kappa shape index (κ2) is 6.82. The third-order valence-electron chi connectivity index (χ3n) is 4.31. The molecule has 2 atom stereocenters. The first-order valence-corrected chi connectivity index (χ1v) is 9.74. The van der Waals surface area contributed by atoms with Gasteiger partial charge >= 0.3 is 0 Å². The van der Waals surface area contributed by atoms with Gasteiger partial charge in [-0.3, -0.25) is 4.79 Å². The van der Waals surface area contributed by atoms with Crippen LogP contribution < -0.4 is 5.32 Å². The van der Waals surface area contributed by atoms with Crippen molar-refractivity contribution < 1.29 is 13.2 Å². The molecule has 0 bridgehead atoms. The van der Waals surface area contributed by atoms with E-state index in [1.54, 1.807) is 0 Å². The fourth-order valence-corrected chi connectivity index (χ4v) is 4.61. The Morgan fingerprint density at radius 2 is 1.91 bits per heavy atom. The lowest BCUT2D eigenvalue weighted by molar-refractivity contribution is -0.125. The maximum absolute atomic E-state index is 12.4. The Labute approximate surface area is 133 Å². The van der Waals surface area contributed by atoms with Crippen molar-refractivity contribution in [2.24, 2.45) is 11.8 Å². The summed E-state index contributed by atoms with van der Waals surface area (Å²) in [6.45, 7) is 6.23.